The van der Waals surface area contributed by atoms with E-state index in [0.29, 0.717) is 13.2 Å². The van der Waals surface area contributed by atoms with Gasteiger partial charge in [0.2, 0.25) is 0 Å². The van der Waals surface area contributed by atoms with Crippen LogP contribution in [0.3, 0.4) is 0 Å². The highest BCUT2D eigenvalue weighted by molar-refractivity contribution is 5.61. The first kappa shape index (κ1) is 13.7. The van der Waals surface area contributed by atoms with E-state index in [1.54, 1.807) is 7.11 Å². The van der Waals surface area contributed by atoms with Gasteiger partial charge >= 0.3 is 0 Å². The standard InChI is InChI=1S/C14H19N3O2/c1-10(16)14-12(4-3-5-13(14)18-2)17-6-7-19-11(8-15)9-17/h3-5,10-11H,6-7,9,16H2,1-2H3. The van der Waals surface area contributed by atoms with Crippen LogP contribution in [0, 0.1) is 11.3 Å². The van der Waals surface area contributed by atoms with Crippen LogP contribution in [0.15, 0.2) is 18.2 Å². The molecule has 1 saturated heterocycles. The van der Waals surface area contributed by atoms with Crippen LogP contribution in [0.5, 0.6) is 5.75 Å². The molecule has 0 amide bonds. The summed E-state index contributed by atoms with van der Waals surface area (Å²) in [6.07, 6.45) is -0.388. The van der Waals surface area contributed by atoms with Crippen molar-refractivity contribution in [1.82, 2.24) is 0 Å². The third-order valence-corrected chi connectivity index (χ3v) is 3.27. The summed E-state index contributed by atoms with van der Waals surface area (Å²) >= 11 is 0. The molecule has 5 nitrogen and oxygen atoms in total. The number of nitriles is 1. The molecule has 0 spiro atoms. The Kier molecular flexibility index (Phi) is 4.25. The van der Waals surface area contributed by atoms with Gasteiger partial charge < -0.3 is 20.1 Å². The topological polar surface area (TPSA) is 71.5 Å². The number of hydrogen-bond donors (Lipinski definition) is 1. The number of ether oxygens (including phenoxy) is 2. The SMILES string of the molecule is COc1cccc(N2CCOC(C#N)C2)c1C(C)N. The summed E-state index contributed by atoms with van der Waals surface area (Å²) in [5, 5.41) is 8.98. The molecule has 2 rings (SSSR count). The molecule has 2 atom stereocenters. The lowest BCUT2D eigenvalue weighted by atomic mass is 10.0. The number of benzene rings is 1. The van der Waals surface area contributed by atoms with E-state index in [2.05, 4.69) is 11.0 Å². The van der Waals surface area contributed by atoms with Crippen molar-refractivity contribution in [1.29, 1.82) is 5.26 Å². The summed E-state index contributed by atoms with van der Waals surface area (Å²) in [6, 6.07) is 7.89. The maximum Gasteiger partial charge on any atom is 0.161 e. The van der Waals surface area contributed by atoms with Crippen LogP contribution in [-0.2, 0) is 4.74 Å². The molecule has 0 aromatic heterocycles. The molecule has 1 aromatic rings. The van der Waals surface area contributed by atoms with Crippen molar-refractivity contribution in [2.75, 3.05) is 31.7 Å². The van der Waals surface area contributed by atoms with Gasteiger partial charge in [-0.15, -0.1) is 0 Å². The molecule has 5 heteroatoms. The highest BCUT2D eigenvalue weighted by Crippen LogP contribution is 2.34. The summed E-state index contributed by atoms with van der Waals surface area (Å²) in [4.78, 5) is 2.14. The van der Waals surface area contributed by atoms with Crippen molar-refractivity contribution in [3.63, 3.8) is 0 Å². The normalized spacial score (nSPS) is 20.7. The van der Waals surface area contributed by atoms with Gasteiger partial charge in [-0.05, 0) is 19.1 Å². The molecule has 1 aromatic carbocycles. The van der Waals surface area contributed by atoms with Crippen molar-refractivity contribution < 1.29 is 9.47 Å². The molecule has 0 saturated carbocycles. The first-order valence-electron chi connectivity index (χ1n) is 6.36. The van der Waals surface area contributed by atoms with E-state index in [0.717, 1.165) is 23.5 Å². The lowest BCUT2D eigenvalue weighted by Crippen LogP contribution is -2.42. The van der Waals surface area contributed by atoms with Gasteiger partial charge in [-0.25, -0.2) is 0 Å². The van der Waals surface area contributed by atoms with Crippen LogP contribution in [0.25, 0.3) is 0 Å². The van der Waals surface area contributed by atoms with Crippen LogP contribution in [0.4, 0.5) is 5.69 Å². The molecule has 0 aliphatic carbocycles. The summed E-state index contributed by atoms with van der Waals surface area (Å²) in [5.41, 5.74) is 8.06. The zero-order valence-corrected chi connectivity index (χ0v) is 11.3. The summed E-state index contributed by atoms with van der Waals surface area (Å²) < 4.78 is 10.8. The van der Waals surface area contributed by atoms with Gasteiger partial charge in [0.1, 0.15) is 5.75 Å². The molecule has 0 bridgehead atoms. The Morgan fingerprint density at radius 3 is 3.00 bits per heavy atom. The highest BCUT2D eigenvalue weighted by atomic mass is 16.5. The van der Waals surface area contributed by atoms with Gasteiger partial charge in [0.05, 0.1) is 26.3 Å². The van der Waals surface area contributed by atoms with Crippen molar-refractivity contribution >= 4 is 5.69 Å². The molecule has 19 heavy (non-hydrogen) atoms. The van der Waals surface area contributed by atoms with Gasteiger partial charge in [0.15, 0.2) is 6.10 Å². The minimum Gasteiger partial charge on any atom is -0.496 e. The van der Waals surface area contributed by atoms with Gasteiger partial charge in [-0.2, -0.15) is 5.26 Å². The zero-order valence-electron chi connectivity index (χ0n) is 11.3. The molecule has 1 aliphatic heterocycles. The maximum atomic E-state index is 8.98. The second kappa shape index (κ2) is 5.91. The van der Waals surface area contributed by atoms with E-state index in [1.165, 1.54) is 0 Å². The molecule has 2 N–H and O–H groups in total. The number of methoxy groups -OCH3 is 1. The van der Waals surface area contributed by atoms with Gasteiger partial charge in [-0.1, -0.05) is 6.07 Å². The van der Waals surface area contributed by atoms with E-state index in [9.17, 15) is 0 Å². The minimum absolute atomic E-state index is 0.130. The monoisotopic (exact) mass is 261 g/mol. The fourth-order valence-electron chi connectivity index (χ4n) is 2.39. The molecule has 1 heterocycles. The number of nitrogens with zero attached hydrogens (tertiary/aromatic N) is 2. The maximum absolute atomic E-state index is 8.98. The van der Waals surface area contributed by atoms with Crippen LogP contribution in [0.1, 0.15) is 18.5 Å². The van der Waals surface area contributed by atoms with E-state index in [1.807, 2.05) is 25.1 Å². The van der Waals surface area contributed by atoms with Gasteiger partial charge in [-0.3, -0.25) is 0 Å². The van der Waals surface area contributed by atoms with Crippen molar-refractivity contribution in [3.8, 4) is 11.8 Å². The quantitative estimate of drug-likeness (QED) is 0.891. The Labute approximate surface area is 113 Å². The number of nitrogens with two attached hydrogens (primary N) is 1. The minimum atomic E-state index is -0.388. The van der Waals surface area contributed by atoms with E-state index in [-0.39, 0.29) is 12.1 Å². The molecular weight excluding hydrogens is 242 g/mol. The number of hydrogen-bond acceptors (Lipinski definition) is 5. The molecule has 1 fully saturated rings. The fourth-order valence-corrected chi connectivity index (χ4v) is 2.39. The molecule has 1 aliphatic rings. The Morgan fingerprint density at radius 1 is 1.58 bits per heavy atom. The molecule has 2 unspecified atom stereocenters. The second-order valence-electron chi connectivity index (χ2n) is 4.62. The van der Waals surface area contributed by atoms with Crippen molar-refractivity contribution in [2.24, 2.45) is 5.73 Å². The number of morpholine rings is 1. The highest BCUT2D eigenvalue weighted by Gasteiger charge is 2.24. The van der Waals surface area contributed by atoms with Gasteiger partial charge in [0.25, 0.3) is 0 Å². The second-order valence-corrected chi connectivity index (χ2v) is 4.62. The Morgan fingerprint density at radius 2 is 2.37 bits per heavy atom. The summed E-state index contributed by atoms with van der Waals surface area (Å²) in [5.74, 6) is 0.785. The van der Waals surface area contributed by atoms with E-state index >= 15 is 0 Å². The Balaban J connectivity index is 2.36. The predicted molar refractivity (Wildman–Crippen MR) is 73.2 cm³/mol. The first-order valence-corrected chi connectivity index (χ1v) is 6.36. The molecular formula is C14H19N3O2. The van der Waals surface area contributed by atoms with Crippen LogP contribution >= 0.6 is 0 Å². The van der Waals surface area contributed by atoms with Crippen LogP contribution in [-0.4, -0.2) is 32.9 Å². The van der Waals surface area contributed by atoms with Gasteiger partial charge in [0, 0.05) is 23.8 Å². The molecule has 0 radical (unpaired) electrons. The van der Waals surface area contributed by atoms with Crippen LogP contribution < -0.4 is 15.4 Å². The number of anilines is 1. The van der Waals surface area contributed by atoms with E-state index < -0.39 is 0 Å². The largest absolute Gasteiger partial charge is 0.496 e. The third-order valence-electron chi connectivity index (χ3n) is 3.27. The van der Waals surface area contributed by atoms with Crippen molar-refractivity contribution in [3.05, 3.63) is 23.8 Å². The fraction of sp³-hybridized carbons (Fsp3) is 0.500. The predicted octanol–water partition coefficient (Wildman–Crippen LogP) is 1.44. The summed E-state index contributed by atoms with van der Waals surface area (Å²) in [6.45, 7) is 3.80. The average Bonchev–Trinajstić information content (AvgIpc) is 2.46. The van der Waals surface area contributed by atoms with Crippen LogP contribution in [0.2, 0.25) is 0 Å². The number of rotatable bonds is 3. The Bertz CT molecular complexity index is 482. The Hall–Kier alpha value is -1.77. The first-order chi connectivity index (χ1) is 9.17. The summed E-state index contributed by atoms with van der Waals surface area (Å²) in [7, 11) is 1.64. The third kappa shape index (κ3) is 2.80. The lowest BCUT2D eigenvalue weighted by molar-refractivity contribution is 0.0763. The van der Waals surface area contributed by atoms with E-state index in [4.69, 9.17) is 20.5 Å². The average molecular weight is 261 g/mol. The zero-order chi connectivity index (χ0) is 13.8. The van der Waals surface area contributed by atoms with Crippen molar-refractivity contribution in [2.45, 2.75) is 19.1 Å². The lowest BCUT2D eigenvalue weighted by Gasteiger charge is -2.34. The smallest absolute Gasteiger partial charge is 0.161 e. The molecule has 102 valence electrons.